The van der Waals surface area contributed by atoms with Gasteiger partial charge in [0.2, 0.25) is 5.75 Å². The molecule has 2 aromatic rings. The van der Waals surface area contributed by atoms with Gasteiger partial charge in [-0.15, -0.1) is 0 Å². The Morgan fingerprint density at radius 3 is 2.69 bits per heavy atom. The molecule has 0 bridgehead atoms. The molecule has 11 heteroatoms. The van der Waals surface area contributed by atoms with Gasteiger partial charge in [0.15, 0.2) is 17.4 Å². The zero-order chi connectivity index (χ0) is 23.2. The topological polar surface area (TPSA) is 151 Å². The van der Waals surface area contributed by atoms with Crippen LogP contribution in [0.4, 0.5) is 5.69 Å². The van der Waals surface area contributed by atoms with Crippen LogP contribution in [0.3, 0.4) is 0 Å². The summed E-state index contributed by atoms with van der Waals surface area (Å²) in [5.41, 5.74) is -2.94. The maximum absolute atomic E-state index is 13.0. The number of methoxy groups -OCH3 is 2. The van der Waals surface area contributed by atoms with Crippen molar-refractivity contribution >= 4 is 28.3 Å². The maximum Gasteiger partial charge on any atom is 0.360 e. The summed E-state index contributed by atoms with van der Waals surface area (Å²) in [6.45, 7) is 0. The molecule has 170 valence electrons. The predicted octanol–water partition coefficient (Wildman–Crippen LogP) is -0.0594. The molecule has 0 saturated carbocycles. The molecular weight excluding hydrogens is 424 g/mol. The van der Waals surface area contributed by atoms with Crippen LogP contribution in [0.25, 0.3) is 11.0 Å². The predicted molar refractivity (Wildman–Crippen MR) is 112 cm³/mol. The second-order valence-electron chi connectivity index (χ2n) is 7.56. The zero-order valence-corrected chi connectivity index (χ0v) is 17.5. The molecule has 4 atom stereocenters. The minimum absolute atomic E-state index is 0.0874. The Balaban J connectivity index is 1.68. The second kappa shape index (κ2) is 7.93. The van der Waals surface area contributed by atoms with Gasteiger partial charge in [-0.05, 0) is 18.2 Å². The number of hydrogen-bond acceptors (Lipinski definition) is 10. The van der Waals surface area contributed by atoms with Crippen LogP contribution < -0.4 is 20.0 Å². The van der Waals surface area contributed by atoms with Gasteiger partial charge in [0.1, 0.15) is 29.2 Å². The van der Waals surface area contributed by atoms with Crippen LogP contribution in [0.1, 0.15) is 6.42 Å². The van der Waals surface area contributed by atoms with Gasteiger partial charge in [-0.1, -0.05) is 17.3 Å². The molecule has 2 heterocycles. The highest BCUT2D eigenvalue weighted by atomic mass is 16.7. The van der Waals surface area contributed by atoms with E-state index in [0.29, 0.717) is 11.1 Å². The molecule has 1 aliphatic heterocycles. The molecule has 1 amide bonds. The maximum atomic E-state index is 13.0. The van der Waals surface area contributed by atoms with Gasteiger partial charge in [0, 0.05) is 18.9 Å². The van der Waals surface area contributed by atoms with Crippen molar-refractivity contribution in [2.45, 2.75) is 30.3 Å². The normalized spacial score (nSPS) is 26.7. The summed E-state index contributed by atoms with van der Waals surface area (Å²) in [6.07, 6.45) is -1.72. The highest BCUT2D eigenvalue weighted by Gasteiger charge is 2.54. The molecular formula is C21H22N2O9. The third-order valence-electron chi connectivity index (χ3n) is 5.67. The van der Waals surface area contributed by atoms with Gasteiger partial charge in [-0.25, -0.2) is 4.79 Å². The third kappa shape index (κ3) is 3.30. The summed E-state index contributed by atoms with van der Waals surface area (Å²) in [4.78, 5) is 31.8. The lowest BCUT2D eigenvalue weighted by molar-refractivity contribution is -0.191. The molecule has 3 N–H and O–H groups in total. The van der Waals surface area contributed by atoms with Crippen LogP contribution in [0.2, 0.25) is 0 Å². The minimum Gasteiger partial charge on any atom is -0.493 e. The van der Waals surface area contributed by atoms with E-state index in [2.05, 4.69) is 5.16 Å². The summed E-state index contributed by atoms with van der Waals surface area (Å²) < 4.78 is 15.9. The monoisotopic (exact) mass is 446 g/mol. The first kappa shape index (κ1) is 21.8. The molecule has 2 aliphatic rings. The van der Waals surface area contributed by atoms with E-state index in [0.717, 1.165) is 4.90 Å². The Hall–Kier alpha value is -3.41. The van der Waals surface area contributed by atoms with E-state index in [1.165, 1.54) is 39.5 Å². The Morgan fingerprint density at radius 2 is 2.00 bits per heavy atom. The summed E-state index contributed by atoms with van der Waals surface area (Å²) in [7, 11) is 4.20. The van der Waals surface area contributed by atoms with E-state index in [-0.39, 0.29) is 22.7 Å². The largest absolute Gasteiger partial charge is 0.493 e. The molecule has 11 nitrogen and oxygen atoms in total. The molecule has 0 radical (unpaired) electrons. The van der Waals surface area contributed by atoms with E-state index in [9.17, 15) is 24.9 Å². The molecule has 4 rings (SSSR count). The van der Waals surface area contributed by atoms with Crippen molar-refractivity contribution in [3.05, 3.63) is 40.8 Å². The van der Waals surface area contributed by atoms with Gasteiger partial charge >= 0.3 is 5.63 Å². The zero-order valence-electron chi connectivity index (χ0n) is 17.5. The van der Waals surface area contributed by atoms with E-state index in [4.69, 9.17) is 18.7 Å². The van der Waals surface area contributed by atoms with Crippen LogP contribution in [-0.2, 0) is 9.63 Å². The number of ether oxygens (including phenoxy) is 2. The summed E-state index contributed by atoms with van der Waals surface area (Å²) in [5.74, 6) is -0.141. The Bertz CT molecular complexity index is 1190. The van der Waals surface area contributed by atoms with Gasteiger partial charge in [-0.2, -0.15) is 0 Å². The van der Waals surface area contributed by atoms with Crippen molar-refractivity contribution in [3.8, 4) is 11.5 Å². The number of carbonyl (C=O) groups is 1. The highest BCUT2D eigenvalue weighted by Crippen LogP contribution is 2.36. The second-order valence-corrected chi connectivity index (χ2v) is 7.56. The quantitative estimate of drug-likeness (QED) is 0.433. The van der Waals surface area contributed by atoms with Gasteiger partial charge < -0.3 is 38.9 Å². The van der Waals surface area contributed by atoms with Crippen molar-refractivity contribution < 1.29 is 38.8 Å². The number of fused-ring (bicyclic) bond motifs is 2. The summed E-state index contributed by atoms with van der Waals surface area (Å²) in [5, 5.41) is 35.3. The Kier molecular flexibility index (Phi) is 5.41. The fraction of sp³-hybridized carbons (Fsp3) is 0.381. The van der Waals surface area contributed by atoms with Crippen molar-refractivity contribution in [2.24, 2.45) is 5.16 Å². The lowest BCUT2D eigenvalue weighted by atomic mass is 9.78. The van der Waals surface area contributed by atoms with Gasteiger partial charge in [0.05, 0.1) is 14.2 Å². The molecule has 1 aliphatic carbocycles. The fourth-order valence-corrected chi connectivity index (χ4v) is 3.87. The van der Waals surface area contributed by atoms with Crippen LogP contribution in [-0.4, -0.2) is 72.1 Å². The Morgan fingerprint density at radius 1 is 1.25 bits per heavy atom. The molecule has 32 heavy (non-hydrogen) atoms. The fourth-order valence-electron chi connectivity index (χ4n) is 3.87. The minimum atomic E-state index is -1.96. The number of anilines is 1. The van der Waals surface area contributed by atoms with Gasteiger partial charge in [-0.3, -0.25) is 4.79 Å². The van der Waals surface area contributed by atoms with Crippen LogP contribution in [0.5, 0.6) is 11.5 Å². The number of aliphatic hydroxyl groups is 3. The van der Waals surface area contributed by atoms with E-state index < -0.39 is 41.9 Å². The smallest absolute Gasteiger partial charge is 0.360 e. The van der Waals surface area contributed by atoms with E-state index in [1.807, 2.05) is 0 Å². The molecule has 1 aromatic heterocycles. The average Bonchev–Trinajstić information content (AvgIpc) is 2.79. The first-order valence-corrected chi connectivity index (χ1v) is 9.67. The number of nitrogens with zero attached hydrogens (tertiary/aromatic N) is 2. The highest BCUT2D eigenvalue weighted by molar-refractivity contribution is 6.43. The van der Waals surface area contributed by atoms with Crippen molar-refractivity contribution in [1.82, 2.24) is 0 Å². The van der Waals surface area contributed by atoms with Crippen LogP contribution in [0.15, 0.2) is 44.7 Å². The molecule has 0 spiro atoms. The first-order valence-electron chi connectivity index (χ1n) is 9.67. The van der Waals surface area contributed by atoms with Crippen molar-refractivity contribution in [1.29, 1.82) is 0 Å². The standard InChI is InChI=1S/C21H22N2O9/c1-23(12-8-10-4-6-14(29-2)17(30-3)16(10)31-20(12)27)19(26)11-9-21(28)15(25)7-5-13(24)18(21)32-22-11/h4-8,13,15,18,24-25,28H,9H2,1-3H3/t13-,15-,18-,21-/m1/s1. The molecule has 0 saturated heterocycles. The van der Waals surface area contributed by atoms with Crippen LogP contribution >= 0.6 is 0 Å². The number of carbonyl (C=O) groups excluding carboxylic acids is 1. The number of rotatable bonds is 4. The number of benzene rings is 1. The number of oxime groups is 1. The van der Waals surface area contributed by atoms with E-state index in [1.54, 1.807) is 12.1 Å². The van der Waals surface area contributed by atoms with Crippen molar-refractivity contribution in [2.75, 3.05) is 26.2 Å². The molecule has 0 unspecified atom stereocenters. The Labute approximate surface area is 181 Å². The number of aliphatic hydroxyl groups excluding tert-OH is 2. The van der Waals surface area contributed by atoms with Crippen LogP contribution in [0, 0.1) is 0 Å². The summed E-state index contributed by atoms with van der Waals surface area (Å²) in [6, 6.07) is 4.72. The number of amides is 1. The molecule has 0 fully saturated rings. The first-order chi connectivity index (χ1) is 15.2. The SMILES string of the molecule is COc1ccc2cc(N(C)C(=O)C3=NO[C@@H]4[C@H](O)C=C[C@@H](O)[C@]4(O)C3)c(=O)oc2c1OC. The lowest BCUT2D eigenvalue weighted by Crippen LogP contribution is -2.62. The number of hydrogen-bond donors (Lipinski definition) is 3. The third-order valence-corrected chi connectivity index (χ3v) is 5.67. The molecule has 1 aromatic carbocycles. The lowest BCUT2D eigenvalue weighted by Gasteiger charge is -2.43. The van der Waals surface area contributed by atoms with Crippen molar-refractivity contribution in [3.63, 3.8) is 0 Å². The van der Waals surface area contributed by atoms with Gasteiger partial charge in [0.25, 0.3) is 5.91 Å². The average molecular weight is 446 g/mol. The van der Waals surface area contributed by atoms with E-state index >= 15 is 0 Å². The summed E-state index contributed by atoms with van der Waals surface area (Å²) >= 11 is 0.